The number of benzene rings is 1. The summed E-state index contributed by atoms with van der Waals surface area (Å²) in [5.74, 6) is 1.64. The summed E-state index contributed by atoms with van der Waals surface area (Å²) in [7, 11) is 3.29. The van der Waals surface area contributed by atoms with Crippen LogP contribution >= 0.6 is 0 Å². The van der Waals surface area contributed by atoms with Gasteiger partial charge in [0, 0.05) is 19.1 Å². The third-order valence-electron chi connectivity index (χ3n) is 5.77. The molecule has 1 aromatic rings. The molecule has 2 fully saturated rings. The standard InChI is InChI=1S/C21H32N2O4/c1-25-18-10-7-15(13-20(18)26-2)6-8-16-5-3-4-12-23(16)21(24)19-11-9-17(14-22)27-19/h7,10,13,16-17,19H,3-6,8-9,11-12,14,22H2,1-2H3/t16?,17-,19+/m1/s1. The predicted octanol–water partition coefficient (Wildman–Crippen LogP) is 2.52. The van der Waals surface area contributed by atoms with Gasteiger partial charge < -0.3 is 24.8 Å². The van der Waals surface area contributed by atoms with Crippen LogP contribution in [0.5, 0.6) is 11.5 Å². The number of amides is 1. The highest BCUT2D eigenvalue weighted by atomic mass is 16.5. The van der Waals surface area contributed by atoms with Gasteiger partial charge in [-0.05, 0) is 62.6 Å². The van der Waals surface area contributed by atoms with E-state index in [1.165, 1.54) is 12.0 Å². The zero-order chi connectivity index (χ0) is 19.2. The lowest BCUT2D eigenvalue weighted by molar-refractivity contribution is -0.146. The molecular formula is C21H32N2O4. The minimum atomic E-state index is -0.305. The fraction of sp³-hybridized carbons (Fsp3) is 0.667. The lowest BCUT2D eigenvalue weighted by Crippen LogP contribution is -2.48. The molecule has 1 unspecified atom stereocenters. The predicted molar refractivity (Wildman–Crippen MR) is 104 cm³/mol. The van der Waals surface area contributed by atoms with Gasteiger partial charge in [-0.25, -0.2) is 0 Å². The van der Waals surface area contributed by atoms with Crippen LogP contribution in [0.1, 0.15) is 44.1 Å². The second-order valence-electron chi connectivity index (χ2n) is 7.47. The topological polar surface area (TPSA) is 74.0 Å². The molecule has 0 aliphatic carbocycles. The first-order chi connectivity index (χ1) is 13.2. The van der Waals surface area contributed by atoms with E-state index in [1.54, 1.807) is 14.2 Å². The highest BCUT2D eigenvalue weighted by Crippen LogP contribution is 2.30. The SMILES string of the molecule is COc1ccc(CCC2CCCCN2C(=O)[C@@H]2CC[C@H](CN)O2)cc1OC. The molecule has 1 amide bonds. The van der Waals surface area contributed by atoms with Crippen molar-refractivity contribution in [2.24, 2.45) is 5.73 Å². The van der Waals surface area contributed by atoms with Crippen LogP contribution in [0.3, 0.4) is 0 Å². The molecule has 3 rings (SSSR count). The normalized spacial score (nSPS) is 25.4. The van der Waals surface area contributed by atoms with Crippen LogP contribution in [-0.4, -0.2) is 56.4 Å². The number of rotatable bonds is 7. The summed E-state index contributed by atoms with van der Waals surface area (Å²) in [6, 6.07) is 6.32. The summed E-state index contributed by atoms with van der Waals surface area (Å²) in [5.41, 5.74) is 6.89. The van der Waals surface area contributed by atoms with Gasteiger partial charge in [-0.3, -0.25) is 4.79 Å². The third-order valence-corrected chi connectivity index (χ3v) is 5.77. The monoisotopic (exact) mass is 376 g/mol. The summed E-state index contributed by atoms with van der Waals surface area (Å²) in [4.78, 5) is 15.1. The van der Waals surface area contributed by atoms with Crippen molar-refractivity contribution in [3.63, 3.8) is 0 Å². The van der Waals surface area contributed by atoms with E-state index in [4.69, 9.17) is 19.9 Å². The van der Waals surface area contributed by atoms with E-state index >= 15 is 0 Å². The van der Waals surface area contributed by atoms with Crippen molar-refractivity contribution >= 4 is 5.91 Å². The Morgan fingerprint density at radius 2 is 2.00 bits per heavy atom. The number of carbonyl (C=O) groups is 1. The van der Waals surface area contributed by atoms with Gasteiger partial charge in [-0.1, -0.05) is 6.07 Å². The number of aryl methyl sites for hydroxylation is 1. The highest BCUT2D eigenvalue weighted by Gasteiger charge is 2.36. The number of nitrogens with zero attached hydrogens (tertiary/aromatic N) is 1. The average molecular weight is 376 g/mol. The number of nitrogens with two attached hydrogens (primary N) is 1. The molecule has 2 saturated heterocycles. The first-order valence-electron chi connectivity index (χ1n) is 10.0. The number of methoxy groups -OCH3 is 2. The molecule has 0 aromatic heterocycles. The van der Waals surface area contributed by atoms with Gasteiger partial charge in [0.1, 0.15) is 6.10 Å². The van der Waals surface area contributed by atoms with Gasteiger partial charge >= 0.3 is 0 Å². The molecule has 3 atom stereocenters. The lowest BCUT2D eigenvalue weighted by Gasteiger charge is -2.37. The summed E-state index contributed by atoms with van der Waals surface area (Å²) < 4.78 is 16.6. The molecule has 1 aromatic carbocycles. The second kappa shape index (κ2) is 9.42. The van der Waals surface area contributed by atoms with Crippen LogP contribution in [0.15, 0.2) is 18.2 Å². The first-order valence-corrected chi connectivity index (χ1v) is 10.0. The molecule has 0 spiro atoms. The molecule has 2 aliphatic rings. The number of hydrogen-bond donors (Lipinski definition) is 1. The molecule has 27 heavy (non-hydrogen) atoms. The van der Waals surface area contributed by atoms with Gasteiger partial charge in [-0.2, -0.15) is 0 Å². The molecule has 0 saturated carbocycles. The molecule has 150 valence electrons. The zero-order valence-corrected chi connectivity index (χ0v) is 16.5. The Kier molecular flexibility index (Phi) is 6.96. The van der Waals surface area contributed by atoms with Crippen molar-refractivity contribution in [2.75, 3.05) is 27.3 Å². The molecule has 2 N–H and O–H groups in total. The van der Waals surface area contributed by atoms with Crippen LogP contribution in [0.4, 0.5) is 0 Å². The minimum Gasteiger partial charge on any atom is -0.493 e. The molecular weight excluding hydrogens is 344 g/mol. The van der Waals surface area contributed by atoms with E-state index in [0.717, 1.165) is 56.6 Å². The Hall–Kier alpha value is -1.79. The minimum absolute atomic E-state index is 0.0361. The van der Waals surface area contributed by atoms with E-state index in [2.05, 4.69) is 11.0 Å². The summed E-state index contributed by atoms with van der Waals surface area (Å²) in [6.07, 6.45) is 6.58. The molecule has 6 heteroatoms. The van der Waals surface area contributed by atoms with E-state index < -0.39 is 0 Å². The largest absolute Gasteiger partial charge is 0.493 e. The van der Waals surface area contributed by atoms with Crippen molar-refractivity contribution in [1.29, 1.82) is 0 Å². The number of likely N-dealkylation sites (tertiary alicyclic amines) is 1. The molecule has 2 aliphatic heterocycles. The van der Waals surface area contributed by atoms with Gasteiger partial charge in [0.05, 0.1) is 20.3 Å². The van der Waals surface area contributed by atoms with E-state index in [-0.39, 0.29) is 24.2 Å². The van der Waals surface area contributed by atoms with Crippen LogP contribution in [0, 0.1) is 0 Å². The van der Waals surface area contributed by atoms with Crippen LogP contribution in [-0.2, 0) is 16.0 Å². The lowest BCUT2D eigenvalue weighted by atomic mass is 9.95. The molecule has 0 bridgehead atoms. The van der Waals surface area contributed by atoms with Crippen LogP contribution in [0.2, 0.25) is 0 Å². The summed E-state index contributed by atoms with van der Waals surface area (Å²) in [6.45, 7) is 1.33. The maximum Gasteiger partial charge on any atom is 0.251 e. The Bertz CT molecular complexity index is 637. The van der Waals surface area contributed by atoms with Gasteiger partial charge in [0.25, 0.3) is 5.91 Å². The summed E-state index contributed by atoms with van der Waals surface area (Å²) >= 11 is 0. The Morgan fingerprint density at radius 1 is 1.19 bits per heavy atom. The molecule has 2 heterocycles. The van der Waals surface area contributed by atoms with Crippen molar-refractivity contribution in [1.82, 2.24) is 4.90 Å². The fourth-order valence-corrected chi connectivity index (χ4v) is 4.21. The van der Waals surface area contributed by atoms with Crippen LogP contribution in [0.25, 0.3) is 0 Å². The first kappa shape index (κ1) is 20.0. The van der Waals surface area contributed by atoms with Crippen molar-refractivity contribution in [3.05, 3.63) is 23.8 Å². The smallest absolute Gasteiger partial charge is 0.251 e. The maximum atomic E-state index is 13.0. The van der Waals surface area contributed by atoms with Gasteiger partial charge in [0.15, 0.2) is 11.5 Å². The number of carbonyl (C=O) groups excluding carboxylic acids is 1. The van der Waals surface area contributed by atoms with Gasteiger partial charge in [0.2, 0.25) is 0 Å². The van der Waals surface area contributed by atoms with E-state index in [0.29, 0.717) is 6.54 Å². The number of piperidine rings is 1. The third kappa shape index (κ3) is 4.74. The number of ether oxygens (including phenoxy) is 3. The Morgan fingerprint density at radius 3 is 2.70 bits per heavy atom. The van der Waals surface area contributed by atoms with Crippen molar-refractivity contribution in [2.45, 2.75) is 63.2 Å². The average Bonchev–Trinajstić information content (AvgIpc) is 3.21. The van der Waals surface area contributed by atoms with Crippen molar-refractivity contribution < 1.29 is 19.0 Å². The van der Waals surface area contributed by atoms with E-state index in [1.807, 2.05) is 12.1 Å². The highest BCUT2D eigenvalue weighted by molar-refractivity contribution is 5.81. The maximum absolute atomic E-state index is 13.0. The van der Waals surface area contributed by atoms with Crippen molar-refractivity contribution in [3.8, 4) is 11.5 Å². The number of hydrogen-bond acceptors (Lipinski definition) is 5. The Labute approximate surface area is 161 Å². The van der Waals surface area contributed by atoms with Crippen LogP contribution < -0.4 is 15.2 Å². The quantitative estimate of drug-likeness (QED) is 0.792. The molecule has 0 radical (unpaired) electrons. The summed E-state index contributed by atoms with van der Waals surface area (Å²) in [5, 5.41) is 0. The zero-order valence-electron chi connectivity index (χ0n) is 16.5. The fourth-order valence-electron chi connectivity index (χ4n) is 4.21. The second-order valence-corrected chi connectivity index (χ2v) is 7.47. The van der Waals surface area contributed by atoms with E-state index in [9.17, 15) is 4.79 Å². The molecule has 6 nitrogen and oxygen atoms in total. The Balaban J connectivity index is 1.61. The van der Waals surface area contributed by atoms with Gasteiger partial charge in [-0.15, -0.1) is 0 Å².